The Hall–Kier alpha value is -1.20. The summed E-state index contributed by atoms with van der Waals surface area (Å²) in [4.78, 5) is 5.32. The van der Waals surface area contributed by atoms with Crippen molar-refractivity contribution in [2.45, 2.75) is 6.42 Å². The van der Waals surface area contributed by atoms with Gasteiger partial charge in [-0.2, -0.15) is 10.1 Å². The second kappa shape index (κ2) is 5.04. The average molecular weight is 241 g/mol. The van der Waals surface area contributed by atoms with Gasteiger partial charge in [0.15, 0.2) is 0 Å². The van der Waals surface area contributed by atoms with Crippen molar-refractivity contribution < 1.29 is 0 Å². The van der Waals surface area contributed by atoms with E-state index in [1.807, 2.05) is 6.07 Å². The van der Waals surface area contributed by atoms with Crippen LogP contribution in [0.15, 0.2) is 23.7 Å². The smallest absolute Gasteiger partial charge is 0.244 e. The van der Waals surface area contributed by atoms with Gasteiger partial charge in [-0.25, -0.2) is 0 Å². The zero-order valence-electron chi connectivity index (χ0n) is 7.85. The van der Waals surface area contributed by atoms with Crippen molar-refractivity contribution in [3.05, 3.63) is 33.9 Å². The normalized spacial score (nSPS) is 10.2. The minimum atomic E-state index is 0.163. The number of anilines is 1. The van der Waals surface area contributed by atoms with Crippen LogP contribution in [-0.4, -0.2) is 21.7 Å². The molecule has 0 atom stereocenters. The van der Waals surface area contributed by atoms with Gasteiger partial charge in [0.25, 0.3) is 0 Å². The number of hydrogen-bond donors (Lipinski definition) is 1. The molecule has 4 nitrogen and oxygen atoms in total. The number of nitrogens with one attached hydrogen (secondary N) is 1. The van der Waals surface area contributed by atoms with E-state index in [1.165, 1.54) is 4.88 Å². The SMILES string of the molecule is Clc1nncc(NCCc2cccs2)n1. The molecule has 0 fully saturated rings. The fourth-order valence-electron chi connectivity index (χ4n) is 1.14. The van der Waals surface area contributed by atoms with Gasteiger partial charge in [0.2, 0.25) is 5.28 Å². The van der Waals surface area contributed by atoms with Crippen LogP contribution in [0.1, 0.15) is 4.88 Å². The van der Waals surface area contributed by atoms with Crippen LogP contribution >= 0.6 is 22.9 Å². The molecular weight excluding hydrogens is 232 g/mol. The van der Waals surface area contributed by atoms with Gasteiger partial charge in [-0.1, -0.05) is 6.07 Å². The second-order valence-electron chi connectivity index (χ2n) is 2.87. The van der Waals surface area contributed by atoms with Crippen LogP contribution in [0, 0.1) is 0 Å². The quantitative estimate of drug-likeness (QED) is 0.891. The van der Waals surface area contributed by atoms with E-state index in [2.05, 4.69) is 31.9 Å². The maximum absolute atomic E-state index is 5.60. The summed E-state index contributed by atoms with van der Waals surface area (Å²) in [7, 11) is 0. The Morgan fingerprint density at radius 3 is 3.13 bits per heavy atom. The van der Waals surface area contributed by atoms with E-state index >= 15 is 0 Å². The van der Waals surface area contributed by atoms with Crippen LogP contribution in [0.25, 0.3) is 0 Å². The molecule has 0 aliphatic carbocycles. The van der Waals surface area contributed by atoms with Crippen LogP contribution in [0.5, 0.6) is 0 Å². The fraction of sp³-hybridized carbons (Fsp3) is 0.222. The summed E-state index contributed by atoms with van der Waals surface area (Å²) < 4.78 is 0. The highest BCUT2D eigenvalue weighted by Crippen LogP contribution is 2.09. The van der Waals surface area contributed by atoms with Gasteiger partial charge in [-0.3, -0.25) is 0 Å². The van der Waals surface area contributed by atoms with E-state index in [0.29, 0.717) is 5.82 Å². The third-order valence-electron chi connectivity index (χ3n) is 1.79. The van der Waals surface area contributed by atoms with E-state index < -0.39 is 0 Å². The maximum atomic E-state index is 5.60. The molecule has 78 valence electrons. The van der Waals surface area contributed by atoms with E-state index in [0.717, 1.165) is 13.0 Å². The number of thiophene rings is 1. The highest BCUT2D eigenvalue weighted by molar-refractivity contribution is 7.09. The molecule has 0 unspecified atom stereocenters. The predicted octanol–water partition coefficient (Wildman–Crippen LogP) is 2.24. The number of aromatic nitrogens is 3. The Bertz CT molecular complexity index is 418. The minimum absolute atomic E-state index is 0.163. The van der Waals surface area contributed by atoms with Crippen molar-refractivity contribution in [1.82, 2.24) is 15.2 Å². The number of halogens is 1. The molecule has 0 aliphatic heterocycles. The Labute approximate surface area is 96.3 Å². The zero-order chi connectivity index (χ0) is 10.5. The summed E-state index contributed by atoms with van der Waals surface area (Å²) in [5.41, 5.74) is 0. The summed E-state index contributed by atoms with van der Waals surface area (Å²) in [5, 5.41) is 12.6. The Morgan fingerprint density at radius 1 is 1.47 bits per heavy atom. The highest BCUT2D eigenvalue weighted by Gasteiger charge is 1.97. The van der Waals surface area contributed by atoms with Gasteiger partial charge < -0.3 is 5.32 Å². The summed E-state index contributed by atoms with van der Waals surface area (Å²) in [6.45, 7) is 0.815. The molecule has 0 bridgehead atoms. The van der Waals surface area contributed by atoms with Crippen molar-refractivity contribution in [2.24, 2.45) is 0 Å². The second-order valence-corrected chi connectivity index (χ2v) is 4.24. The molecule has 0 radical (unpaired) electrons. The first-order valence-electron chi connectivity index (χ1n) is 4.46. The van der Waals surface area contributed by atoms with E-state index in [9.17, 15) is 0 Å². The van der Waals surface area contributed by atoms with Gasteiger partial charge in [0.05, 0.1) is 6.20 Å². The summed E-state index contributed by atoms with van der Waals surface area (Å²) in [6, 6.07) is 4.15. The molecule has 2 aromatic rings. The molecule has 0 aromatic carbocycles. The first-order chi connectivity index (χ1) is 7.34. The van der Waals surface area contributed by atoms with E-state index in [-0.39, 0.29) is 5.28 Å². The molecule has 0 amide bonds. The monoisotopic (exact) mass is 240 g/mol. The van der Waals surface area contributed by atoms with Crippen LogP contribution in [0.4, 0.5) is 5.82 Å². The number of hydrogen-bond acceptors (Lipinski definition) is 5. The third-order valence-corrected chi connectivity index (χ3v) is 2.89. The lowest BCUT2D eigenvalue weighted by Gasteiger charge is -2.02. The lowest BCUT2D eigenvalue weighted by Crippen LogP contribution is -2.06. The van der Waals surface area contributed by atoms with Crippen molar-refractivity contribution in [1.29, 1.82) is 0 Å². The fourth-order valence-corrected chi connectivity index (χ4v) is 1.98. The molecule has 0 spiro atoms. The Balaban J connectivity index is 1.83. The van der Waals surface area contributed by atoms with Crippen LogP contribution in [0.3, 0.4) is 0 Å². The molecule has 2 heterocycles. The summed E-state index contributed by atoms with van der Waals surface area (Å²) >= 11 is 7.35. The molecular formula is C9H9ClN4S. The van der Waals surface area contributed by atoms with E-state index in [4.69, 9.17) is 11.6 Å². The third kappa shape index (κ3) is 3.14. The standard InChI is InChI=1S/C9H9ClN4S/c10-9-13-8(6-12-14-9)11-4-3-7-2-1-5-15-7/h1-2,5-6H,3-4H2,(H,11,13,14). The molecule has 15 heavy (non-hydrogen) atoms. The first-order valence-corrected chi connectivity index (χ1v) is 5.72. The van der Waals surface area contributed by atoms with Crippen LogP contribution in [-0.2, 0) is 6.42 Å². The summed E-state index contributed by atoms with van der Waals surface area (Å²) in [6.07, 6.45) is 2.53. The van der Waals surface area contributed by atoms with Gasteiger partial charge in [-0.15, -0.1) is 16.4 Å². The lowest BCUT2D eigenvalue weighted by molar-refractivity contribution is 0.948. The van der Waals surface area contributed by atoms with Crippen LogP contribution in [0.2, 0.25) is 5.28 Å². The summed E-state index contributed by atoms with van der Waals surface area (Å²) in [5.74, 6) is 0.659. The Morgan fingerprint density at radius 2 is 2.40 bits per heavy atom. The molecule has 1 N–H and O–H groups in total. The molecule has 0 aliphatic rings. The van der Waals surface area contributed by atoms with Crippen molar-refractivity contribution >= 4 is 28.8 Å². The van der Waals surface area contributed by atoms with Gasteiger partial charge in [0, 0.05) is 11.4 Å². The number of rotatable bonds is 4. The molecule has 0 saturated heterocycles. The average Bonchev–Trinajstić information content (AvgIpc) is 2.71. The lowest BCUT2D eigenvalue weighted by atomic mass is 10.3. The van der Waals surface area contributed by atoms with Crippen molar-refractivity contribution in [3.63, 3.8) is 0 Å². The van der Waals surface area contributed by atoms with Gasteiger partial charge >= 0.3 is 0 Å². The minimum Gasteiger partial charge on any atom is -0.368 e. The molecule has 2 aromatic heterocycles. The molecule has 2 rings (SSSR count). The predicted molar refractivity (Wildman–Crippen MR) is 61.3 cm³/mol. The topological polar surface area (TPSA) is 50.7 Å². The number of nitrogens with zero attached hydrogens (tertiary/aromatic N) is 3. The largest absolute Gasteiger partial charge is 0.368 e. The van der Waals surface area contributed by atoms with Gasteiger partial charge in [-0.05, 0) is 29.5 Å². The maximum Gasteiger partial charge on any atom is 0.244 e. The first kappa shape index (κ1) is 10.3. The van der Waals surface area contributed by atoms with Crippen LogP contribution < -0.4 is 5.32 Å². The molecule has 0 saturated carbocycles. The van der Waals surface area contributed by atoms with Crippen molar-refractivity contribution in [3.8, 4) is 0 Å². The highest BCUT2D eigenvalue weighted by atomic mass is 35.5. The van der Waals surface area contributed by atoms with Gasteiger partial charge in [0.1, 0.15) is 5.82 Å². The molecule has 6 heteroatoms. The Kier molecular flexibility index (Phi) is 3.47. The van der Waals surface area contributed by atoms with E-state index in [1.54, 1.807) is 17.5 Å². The zero-order valence-corrected chi connectivity index (χ0v) is 9.42. The van der Waals surface area contributed by atoms with Crippen molar-refractivity contribution in [2.75, 3.05) is 11.9 Å².